The first-order chi connectivity index (χ1) is 21.7. The van der Waals surface area contributed by atoms with Crippen LogP contribution in [0.2, 0.25) is 0 Å². The lowest BCUT2D eigenvalue weighted by Gasteiger charge is -2.39. The Labute approximate surface area is 293 Å². The zero-order valence-corrected chi connectivity index (χ0v) is 34.6. The van der Waals surface area contributed by atoms with Crippen molar-refractivity contribution >= 4 is 0 Å². The molecule has 0 heterocycles. The highest BCUT2D eigenvalue weighted by Gasteiger charge is 2.33. The molecule has 46 heavy (non-hydrogen) atoms. The molecule has 0 N–H and O–H groups in total. The Balaban J connectivity index is 2.72. The average Bonchev–Trinajstić information content (AvgIpc) is 3.00. The second kappa shape index (κ2) is 24.0. The summed E-state index contributed by atoms with van der Waals surface area (Å²) < 4.78 is 0. The molecule has 0 radical (unpaired) electrons. The topological polar surface area (TPSA) is 0 Å². The first-order valence-electron chi connectivity index (χ1n) is 21.4. The monoisotopic (exact) mass is 643 g/mol. The molecule has 0 nitrogen and oxygen atoms in total. The largest absolute Gasteiger partial charge is 0.0848 e. The second-order valence-corrected chi connectivity index (χ2v) is 18.6. The Bertz CT molecular complexity index is 754. The van der Waals surface area contributed by atoms with E-state index in [-0.39, 0.29) is 0 Å². The van der Waals surface area contributed by atoms with Crippen LogP contribution in [0.4, 0.5) is 0 Å². The van der Waals surface area contributed by atoms with E-state index in [0.717, 1.165) is 71.0 Å². The minimum Gasteiger partial charge on any atom is -0.0848 e. The van der Waals surface area contributed by atoms with E-state index in [9.17, 15) is 0 Å². The summed E-state index contributed by atoms with van der Waals surface area (Å²) in [4.78, 5) is 0. The molecule has 0 aliphatic heterocycles. The van der Waals surface area contributed by atoms with Gasteiger partial charge in [-0.2, -0.15) is 0 Å². The van der Waals surface area contributed by atoms with E-state index in [1.807, 2.05) is 0 Å². The van der Waals surface area contributed by atoms with Crippen molar-refractivity contribution in [2.75, 3.05) is 0 Å². The fourth-order valence-electron chi connectivity index (χ4n) is 9.57. The normalized spacial score (nSPS) is 23.7. The maximum atomic E-state index is 2.76. The third-order valence-electron chi connectivity index (χ3n) is 13.6. The van der Waals surface area contributed by atoms with E-state index in [4.69, 9.17) is 0 Å². The van der Waals surface area contributed by atoms with Crippen LogP contribution in [0.1, 0.15) is 206 Å². The first-order valence-corrected chi connectivity index (χ1v) is 21.4. The second-order valence-electron chi connectivity index (χ2n) is 18.6. The van der Waals surface area contributed by atoms with Gasteiger partial charge in [0, 0.05) is 0 Å². The lowest BCUT2D eigenvalue weighted by atomic mass is 9.67. The highest BCUT2D eigenvalue weighted by molar-refractivity contribution is 5.06. The molecular weight excluding hydrogens is 553 g/mol. The van der Waals surface area contributed by atoms with Gasteiger partial charge in [0.05, 0.1) is 0 Å². The van der Waals surface area contributed by atoms with Gasteiger partial charge in [-0.25, -0.2) is 0 Å². The molecule has 0 aromatic carbocycles. The molecule has 1 aliphatic carbocycles. The van der Waals surface area contributed by atoms with Gasteiger partial charge < -0.3 is 0 Å². The van der Waals surface area contributed by atoms with Crippen LogP contribution in [-0.4, -0.2) is 0 Å². The van der Waals surface area contributed by atoms with Crippen molar-refractivity contribution in [1.82, 2.24) is 0 Å². The molecule has 1 saturated carbocycles. The predicted molar refractivity (Wildman–Crippen MR) is 211 cm³/mol. The molecule has 0 saturated heterocycles. The van der Waals surface area contributed by atoms with Crippen LogP contribution in [0.15, 0.2) is 11.6 Å². The van der Waals surface area contributed by atoms with Crippen molar-refractivity contribution in [3.8, 4) is 0 Å². The molecule has 1 fully saturated rings. The van der Waals surface area contributed by atoms with Crippen LogP contribution in [-0.2, 0) is 0 Å². The van der Waals surface area contributed by atoms with Crippen LogP contribution in [0.25, 0.3) is 0 Å². The van der Waals surface area contributed by atoms with E-state index in [0.29, 0.717) is 5.92 Å². The van der Waals surface area contributed by atoms with Crippen LogP contribution in [0.5, 0.6) is 0 Å². The molecule has 274 valence electrons. The van der Waals surface area contributed by atoms with Crippen molar-refractivity contribution in [2.45, 2.75) is 206 Å². The van der Waals surface area contributed by atoms with E-state index in [1.165, 1.54) is 109 Å². The van der Waals surface area contributed by atoms with Gasteiger partial charge in [0.15, 0.2) is 0 Å². The standard InChI is InChI=1S/C46H90/c1-15-17-24-43-26-20-27-44(45(43)31-28-33(3)4)30-29-42(36(9)10)25-19-23-41(16-2)22-18-21-37(11)46(32-34(5)6)40(14)39(13)38(12)35(7)8/h29,33-41,43-46H,15-28,30-32H2,1-14H3. The summed E-state index contributed by atoms with van der Waals surface area (Å²) in [6, 6.07) is 0. The molecule has 0 spiro atoms. The predicted octanol–water partition coefficient (Wildman–Crippen LogP) is 15.8. The molecule has 9 atom stereocenters. The Morgan fingerprint density at radius 3 is 1.87 bits per heavy atom. The number of unbranched alkanes of at least 4 members (excludes halogenated alkanes) is 1. The molecule has 9 unspecified atom stereocenters. The Morgan fingerprint density at radius 1 is 0.652 bits per heavy atom. The van der Waals surface area contributed by atoms with Crippen LogP contribution >= 0.6 is 0 Å². The SMILES string of the molecule is CCCCC1CCCC(CC=C(CCCC(CC)CCCC(C)C(CC(C)C)C(C)C(C)C(C)C(C)C)C(C)C)C1CCC(C)C. The molecule has 1 rings (SSSR count). The van der Waals surface area contributed by atoms with Crippen molar-refractivity contribution in [2.24, 2.45) is 76.9 Å². The Hall–Kier alpha value is -0.260. The molecule has 0 bridgehead atoms. The van der Waals surface area contributed by atoms with Crippen molar-refractivity contribution < 1.29 is 0 Å². The lowest BCUT2D eigenvalue weighted by molar-refractivity contribution is 0.111. The zero-order valence-electron chi connectivity index (χ0n) is 34.6. The van der Waals surface area contributed by atoms with Gasteiger partial charge in [-0.3, -0.25) is 0 Å². The zero-order chi connectivity index (χ0) is 34.8. The fraction of sp³-hybridized carbons (Fsp3) is 0.957. The van der Waals surface area contributed by atoms with Crippen LogP contribution in [0.3, 0.4) is 0 Å². The van der Waals surface area contributed by atoms with Gasteiger partial charge in [-0.15, -0.1) is 0 Å². The Morgan fingerprint density at radius 2 is 1.30 bits per heavy atom. The van der Waals surface area contributed by atoms with E-state index in [1.54, 1.807) is 5.57 Å². The highest BCUT2D eigenvalue weighted by atomic mass is 14.4. The smallest absolute Gasteiger partial charge is 0.0260 e. The maximum absolute atomic E-state index is 2.76. The summed E-state index contributed by atoms with van der Waals surface area (Å²) in [6.07, 6.45) is 27.0. The number of hydrogen-bond donors (Lipinski definition) is 0. The van der Waals surface area contributed by atoms with Crippen molar-refractivity contribution in [3.05, 3.63) is 11.6 Å². The molecule has 0 aromatic rings. The minimum atomic E-state index is 0.704. The van der Waals surface area contributed by atoms with Gasteiger partial charge in [-0.1, -0.05) is 179 Å². The summed E-state index contributed by atoms with van der Waals surface area (Å²) in [5.74, 6) is 11.1. The maximum Gasteiger partial charge on any atom is -0.0260 e. The molecule has 1 aliphatic rings. The first kappa shape index (κ1) is 43.8. The van der Waals surface area contributed by atoms with Crippen molar-refractivity contribution in [3.63, 3.8) is 0 Å². The minimum absolute atomic E-state index is 0.704. The summed E-state index contributed by atoms with van der Waals surface area (Å²) in [5.41, 5.74) is 1.78. The molecular formula is C46H90. The van der Waals surface area contributed by atoms with Gasteiger partial charge in [0.1, 0.15) is 0 Å². The number of rotatable bonds is 25. The van der Waals surface area contributed by atoms with Crippen molar-refractivity contribution in [1.29, 1.82) is 0 Å². The lowest BCUT2D eigenvalue weighted by Crippen LogP contribution is -2.31. The van der Waals surface area contributed by atoms with Gasteiger partial charge in [0.25, 0.3) is 0 Å². The molecule has 0 amide bonds. The van der Waals surface area contributed by atoms with Crippen LogP contribution < -0.4 is 0 Å². The quantitative estimate of drug-likeness (QED) is 0.0869. The van der Waals surface area contributed by atoms with Gasteiger partial charge in [0.2, 0.25) is 0 Å². The summed E-state index contributed by atoms with van der Waals surface area (Å²) >= 11 is 0. The molecule has 0 heteroatoms. The number of allylic oxidation sites excluding steroid dienone is 2. The summed E-state index contributed by atoms with van der Waals surface area (Å²) in [6.45, 7) is 34.6. The Kier molecular flexibility index (Phi) is 22.8. The average molecular weight is 643 g/mol. The van der Waals surface area contributed by atoms with E-state index >= 15 is 0 Å². The fourth-order valence-corrected chi connectivity index (χ4v) is 9.57. The van der Waals surface area contributed by atoms with Gasteiger partial charge >= 0.3 is 0 Å². The third kappa shape index (κ3) is 16.4. The molecule has 0 aromatic heterocycles. The summed E-state index contributed by atoms with van der Waals surface area (Å²) in [7, 11) is 0. The van der Waals surface area contributed by atoms with E-state index < -0.39 is 0 Å². The summed E-state index contributed by atoms with van der Waals surface area (Å²) in [5, 5.41) is 0. The van der Waals surface area contributed by atoms with Crippen LogP contribution in [0, 0.1) is 76.9 Å². The van der Waals surface area contributed by atoms with Gasteiger partial charge in [-0.05, 0) is 115 Å². The number of hydrogen-bond acceptors (Lipinski definition) is 0. The van der Waals surface area contributed by atoms with E-state index in [2.05, 4.69) is 103 Å². The highest BCUT2D eigenvalue weighted by Crippen LogP contribution is 2.43. The third-order valence-corrected chi connectivity index (χ3v) is 13.6.